The Labute approximate surface area is 199 Å². The zero-order valence-electron chi connectivity index (χ0n) is 19.5. The largest absolute Gasteiger partial charge is 0.450 e. The second-order valence-electron chi connectivity index (χ2n) is 7.72. The predicted molar refractivity (Wildman–Crippen MR) is 130 cm³/mol. The standard InChI is InChI=1S/C23H30N4O6S/c1-4-33-23(29)26-21-7-5-6-20(16(21)2)24-17(3)22(28)25-18-8-10-19(11-9-18)34(30,31)27-12-14-32-15-13-27/h5-11,17,24H,4,12-15H2,1-3H3,(H,25,28)(H,26,29). The predicted octanol–water partition coefficient (Wildman–Crippen LogP) is 3.02. The topological polar surface area (TPSA) is 126 Å². The summed E-state index contributed by atoms with van der Waals surface area (Å²) in [5.41, 5.74) is 2.50. The van der Waals surface area contributed by atoms with Crippen molar-refractivity contribution < 1.29 is 27.5 Å². The van der Waals surface area contributed by atoms with Gasteiger partial charge in [-0.15, -0.1) is 0 Å². The molecule has 1 heterocycles. The fraction of sp³-hybridized carbons (Fsp3) is 0.391. The van der Waals surface area contributed by atoms with E-state index < -0.39 is 22.2 Å². The maximum Gasteiger partial charge on any atom is 0.411 e. The Kier molecular flexibility index (Phi) is 8.48. The molecule has 0 spiro atoms. The molecule has 1 saturated heterocycles. The van der Waals surface area contributed by atoms with Gasteiger partial charge in [0.25, 0.3) is 0 Å². The summed E-state index contributed by atoms with van der Waals surface area (Å²) in [5, 5.41) is 8.59. The lowest BCUT2D eigenvalue weighted by Gasteiger charge is -2.26. The molecule has 3 rings (SSSR count). The maximum atomic E-state index is 12.7. The molecule has 1 aliphatic rings. The second kappa shape index (κ2) is 11.3. The zero-order valence-corrected chi connectivity index (χ0v) is 20.3. The number of benzene rings is 2. The van der Waals surface area contributed by atoms with Gasteiger partial charge in [0.05, 0.1) is 24.7 Å². The molecule has 0 aromatic heterocycles. The van der Waals surface area contributed by atoms with Crippen molar-refractivity contribution in [3.63, 3.8) is 0 Å². The number of rotatable bonds is 8. The van der Waals surface area contributed by atoms with E-state index in [2.05, 4.69) is 16.0 Å². The Morgan fingerprint density at radius 3 is 2.35 bits per heavy atom. The van der Waals surface area contributed by atoms with E-state index in [-0.39, 0.29) is 17.4 Å². The van der Waals surface area contributed by atoms with E-state index >= 15 is 0 Å². The molecule has 1 aliphatic heterocycles. The number of carbonyl (C=O) groups is 2. The Hall–Kier alpha value is -3.15. The molecule has 0 bridgehead atoms. The Morgan fingerprint density at radius 2 is 1.71 bits per heavy atom. The van der Waals surface area contributed by atoms with Gasteiger partial charge in [0.1, 0.15) is 6.04 Å². The first-order valence-corrected chi connectivity index (χ1v) is 12.4. The van der Waals surface area contributed by atoms with Gasteiger partial charge in [0, 0.05) is 30.2 Å². The average Bonchev–Trinajstić information content (AvgIpc) is 2.82. The third-order valence-electron chi connectivity index (χ3n) is 5.34. The van der Waals surface area contributed by atoms with Gasteiger partial charge in [-0.1, -0.05) is 6.07 Å². The highest BCUT2D eigenvalue weighted by Crippen LogP contribution is 2.25. The van der Waals surface area contributed by atoms with Crippen LogP contribution in [0, 0.1) is 6.92 Å². The number of hydrogen-bond donors (Lipinski definition) is 3. The summed E-state index contributed by atoms with van der Waals surface area (Å²) in [6.07, 6.45) is -0.548. The molecule has 11 heteroatoms. The molecule has 34 heavy (non-hydrogen) atoms. The van der Waals surface area contributed by atoms with Gasteiger partial charge >= 0.3 is 6.09 Å². The smallest absolute Gasteiger partial charge is 0.411 e. The van der Waals surface area contributed by atoms with E-state index in [0.29, 0.717) is 43.4 Å². The highest BCUT2D eigenvalue weighted by molar-refractivity contribution is 7.89. The summed E-state index contributed by atoms with van der Waals surface area (Å²) in [4.78, 5) is 24.6. The van der Waals surface area contributed by atoms with Crippen LogP contribution in [0.3, 0.4) is 0 Å². The highest BCUT2D eigenvalue weighted by Gasteiger charge is 2.26. The summed E-state index contributed by atoms with van der Waals surface area (Å²) in [6, 6.07) is 10.8. The van der Waals surface area contributed by atoms with Crippen LogP contribution in [0.5, 0.6) is 0 Å². The van der Waals surface area contributed by atoms with Crippen LogP contribution in [0.1, 0.15) is 19.4 Å². The summed E-state index contributed by atoms with van der Waals surface area (Å²) in [5.74, 6) is -0.299. The Balaban J connectivity index is 1.62. The lowest BCUT2D eigenvalue weighted by Crippen LogP contribution is -2.40. The molecule has 1 unspecified atom stereocenters. The van der Waals surface area contributed by atoms with Crippen molar-refractivity contribution in [3.05, 3.63) is 48.0 Å². The number of amides is 2. The van der Waals surface area contributed by atoms with E-state index in [9.17, 15) is 18.0 Å². The first-order chi connectivity index (χ1) is 16.2. The molecule has 0 saturated carbocycles. The number of ether oxygens (including phenoxy) is 2. The van der Waals surface area contributed by atoms with E-state index in [0.717, 1.165) is 5.56 Å². The highest BCUT2D eigenvalue weighted by atomic mass is 32.2. The molecule has 1 fully saturated rings. The van der Waals surface area contributed by atoms with Gasteiger partial charge in [0.15, 0.2) is 0 Å². The molecule has 3 N–H and O–H groups in total. The monoisotopic (exact) mass is 490 g/mol. The van der Waals surface area contributed by atoms with Crippen LogP contribution in [0.4, 0.5) is 21.9 Å². The molecule has 2 aromatic carbocycles. The van der Waals surface area contributed by atoms with Gasteiger partial charge in [-0.2, -0.15) is 4.31 Å². The summed E-state index contributed by atoms with van der Waals surface area (Å²) in [7, 11) is -3.60. The van der Waals surface area contributed by atoms with Crippen molar-refractivity contribution in [1.82, 2.24) is 4.31 Å². The molecule has 2 aromatic rings. The number of nitrogens with one attached hydrogen (secondary N) is 3. The minimum atomic E-state index is -3.60. The van der Waals surface area contributed by atoms with Crippen LogP contribution in [-0.4, -0.2) is 63.7 Å². The average molecular weight is 491 g/mol. The van der Waals surface area contributed by atoms with Crippen LogP contribution in [0.15, 0.2) is 47.4 Å². The van der Waals surface area contributed by atoms with E-state index in [1.54, 1.807) is 44.2 Å². The summed E-state index contributed by atoms with van der Waals surface area (Å²) < 4.78 is 37.0. The first kappa shape index (κ1) is 25.5. The lowest BCUT2D eigenvalue weighted by atomic mass is 10.1. The van der Waals surface area contributed by atoms with Gasteiger partial charge in [-0.25, -0.2) is 13.2 Å². The molecule has 184 valence electrons. The zero-order chi connectivity index (χ0) is 24.7. The van der Waals surface area contributed by atoms with E-state index in [4.69, 9.17) is 9.47 Å². The first-order valence-electron chi connectivity index (χ1n) is 11.0. The molecule has 2 amide bonds. The Bertz CT molecular complexity index is 1110. The minimum Gasteiger partial charge on any atom is -0.450 e. The van der Waals surface area contributed by atoms with E-state index in [1.165, 1.54) is 16.4 Å². The Morgan fingerprint density at radius 1 is 1.06 bits per heavy atom. The van der Waals surface area contributed by atoms with Gasteiger partial charge in [0.2, 0.25) is 15.9 Å². The van der Waals surface area contributed by atoms with Crippen LogP contribution in [0.2, 0.25) is 0 Å². The normalized spacial score (nSPS) is 15.3. The number of carbonyl (C=O) groups excluding carboxylic acids is 2. The number of nitrogens with zero attached hydrogens (tertiary/aromatic N) is 1. The quantitative estimate of drug-likeness (QED) is 0.519. The van der Waals surface area contributed by atoms with Gasteiger partial charge < -0.3 is 20.1 Å². The minimum absolute atomic E-state index is 0.167. The third-order valence-corrected chi connectivity index (χ3v) is 7.25. The van der Waals surface area contributed by atoms with Crippen LogP contribution >= 0.6 is 0 Å². The number of sulfonamides is 1. The van der Waals surface area contributed by atoms with Crippen molar-refractivity contribution in [2.24, 2.45) is 0 Å². The lowest BCUT2D eigenvalue weighted by molar-refractivity contribution is -0.116. The number of morpholine rings is 1. The molecule has 10 nitrogen and oxygen atoms in total. The maximum absolute atomic E-state index is 12.7. The van der Waals surface area contributed by atoms with Crippen molar-refractivity contribution in [2.75, 3.05) is 48.9 Å². The third kappa shape index (κ3) is 6.25. The molecule has 0 radical (unpaired) electrons. The van der Waals surface area contributed by atoms with Gasteiger partial charge in [-0.3, -0.25) is 10.1 Å². The van der Waals surface area contributed by atoms with Gasteiger partial charge in [-0.05, 0) is 62.7 Å². The van der Waals surface area contributed by atoms with Crippen LogP contribution in [-0.2, 0) is 24.3 Å². The van der Waals surface area contributed by atoms with Crippen molar-refractivity contribution in [1.29, 1.82) is 0 Å². The van der Waals surface area contributed by atoms with E-state index in [1.807, 2.05) is 6.92 Å². The SMILES string of the molecule is CCOC(=O)Nc1cccc(NC(C)C(=O)Nc2ccc(S(=O)(=O)N3CCOCC3)cc2)c1C. The molecular weight excluding hydrogens is 460 g/mol. The van der Waals surface area contributed by atoms with Crippen molar-refractivity contribution in [2.45, 2.75) is 31.7 Å². The molecular formula is C23H30N4O6S. The number of anilines is 3. The van der Waals surface area contributed by atoms with Crippen LogP contribution in [0.25, 0.3) is 0 Å². The van der Waals surface area contributed by atoms with Crippen molar-refractivity contribution in [3.8, 4) is 0 Å². The molecule has 1 atom stereocenters. The number of hydrogen-bond acceptors (Lipinski definition) is 7. The summed E-state index contributed by atoms with van der Waals surface area (Å²) in [6.45, 7) is 6.90. The fourth-order valence-electron chi connectivity index (χ4n) is 3.40. The summed E-state index contributed by atoms with van der Waals surface area (Å²) >= 11 is 0. The second-order valence-corrected chi connectivity index (χ2v) is 9.66. The molecule has 0 aliphatic carbocycles. The fourth-order valence-corrected chi connectivity index (χ4v) is 4.81. The van der Waals surface area contributed by atoms with Crippen molar-refractivity contribution >= 4 is 39.1 Å². The van der Waals surface area contributed by atoms with Crippen LogP contribution < -0.4 is 16.0 Å².